The summed E-state index contributed by atoms with van der Waals surface area (Å²) < 4.78 is 5.36. The van der Waals surface area contributed by atoms with Gasteiger partial charge in [0.05, 0.1) is 20.2 Å². The van der Waals surface area contributed by atoms with Crippen molar-refractivity contribution in [2.45, 2.75) is 25.8 Å². The summed E-state index contributed by atoms with van der Waals surface area (Å²) in [5, 5.41) is 0. The van der Waals surface area contributed by atoms with Crippen LogP contribution >= 0.6 is 0 Å². The van der Waals surface area contributed by atoms with Crippen LogP contribution in [0.1, 0.15) is 35.2 Å². The molecule has 0 atom stereocenters. The van der Waals surface area contributed by atoms with E-state index in [9.17, 15) is 4.79 Å². The summed E-state index contributed by atoms with van der Waals surface area (Å²) in [6, 6.07) is 5.65. The molecule has 17 heavy (non-hydrogen) atoms. The topological polar surface area (TPSA) is 30.7 Å². The predicted octanol–water partition coefficient (Wildman–Crippen LogP) is 1.08. The first-order valence-corrected chi connectivity index (χ1v) is 6.29. The number of hydrogen-bond acceptors (Lipinski definition) is 2. The summed E-state index contributed by atoms with van der Waals surface area (Å²) in [4.78, 5) is 12.4. The fourth-order valence-electron chi connectivity index (χ4n) is 2.51. The molecule has 0 unspecified atom stereocenters. The van der Waals surface area contributed by atoms with Crippen molar-refractivity contribution in [3.05, 3.63) is 29.3 Å². The molecule has 1 heterocycles. The van der Waals surface area contributed by atoms with Crippen LogP contribution in [0, 0.1) is 0 Å². The lowest BCUT2D eigenvalue weighted by Crippen LogP contribution is -3.11. The zero-order valence-corrected chi connectivity index (χ0v) is 10.4. The number of carbonyl (C=O) groups excluding carboxylic acids is 1. The van der Waals surface area contributed by atoms with E-state index in [2.05, 4.69) is 0 Å². The lowest BCUT2D eigenvalue weighted by atomic mass is 10.1. The number of carbonyl (C=O) groups is 1. The first kappa shape index (κ1) is 12.1. The zero-order chi connectivity index (χ0) is 12.1. The molecule has 1 aliphatic rings. The molecule has 0 radical (unpaired) electrons. The molecule has 92 valence electrons. The second kappa shape index (κ2) is 5.82. The quantitative estimate of drug-likeness (QED) is 0.790. The summed E-state index contributed by atoms with van der Waals surface area (Å²) in [5.41, 5.74) is 1.88. The van der Waals surface area contributed by atoms with Crippen molar-refractivity contribution in [1.82, 2.24) is 0 Å². The van der Waals surface area contributed by atoms with Crippen molar-refractivity contribution in [1.29, 1.82) is 0 Å². The van der Waals surface area contributed by atoms with E-state index >= 15 is 0 Å². The summed E-state index contributed by atoms with van der Waals surface area (Å²) in [7, 11) is 1.69. The summed E-state index contributed by atoms with van der Waals surface area (Å²) in [6.07, 6.45) is 4.87. The second-order valence-electron chi connectivity index (χ2n) is 4.68. The van der Waals surface area contributed by atoms with Gasteiger partial charge in [-0.3, -0.25) is 4.79 Å². The number of aldehydes is 1. The number of nitrogens with one attached hydrogen (secondary N) is 1. The van der Waals surface area contributed by atoms with Crippen molar-refractivity contribution in [2.75, 3.05) is 20.2 Å². The molecule has 1 fully saturated rings. The van der Waals surface area contributed by atoms with E-state index < -0.39 is 0 Å². The molecule has 1 saturated heterocycles. The van der Waals surface area contributed by atoms with Crippen LogP contribution in [0.15, 0.2) is 18.2 Å². The van der Waals surface area contributed by atoms with Gasteiger partial charge in [-0.05, 0) is 37.5 Å². The molecular weight excluding hydrogens is 214 g/mol. The van der Waals surface area contributed by atoms with Crippen LogP contribution in [0.25, 0.3) is 0 Å². The van der Waals surface area contributed by atoms with Crippen molar-refractivity contribution in [2.24, 2.45) is 0 Å². The standard InChI is InChI=1S/C14H19NO2/c1-17-14-6-5-12(11-16)9-13(14)10-15-7-3-2-4-8-15/h5-6,9,11H,2-4,7-8,10H2,1H3/p+1. The molecule has 3 nitrogen and oxygen atoms in total. The Kier molecular flexibility index (Phi) is 4.15. The average Bonchev–Trinajstić information content (AvgIpc) is 2.40. The summed E-state index contributed by atoms with van der Waals surface area (Å²) in [6.45, 7) is 3.42. The van der Waals surface area contributed by atoms with Gasteiger partial charge in [0.1, 0.15) is 18.6 Å². The molecule has 2 rings (SSSR count). The van der Waals surface area contributed by atoms with Gasteiger partial charge in [-0.25, -0.2) is 0 Å². The van der Waals surface area contributed by atoms with Crippen LogP contribution in [-0.4, -0.2) is 26.5 Å². The number of hydrogen-bond donors (Lipinski definition) is 1. The molecule has 1 aliphatic heterocycles. The minimum Gasteiger partial charge on any atom is -0.496 e. The van der Waals surface area contributed by atoms with Crippen LogP contribution in [0.3, 0.4) is 0 Å². The molecule has 1 aromatic carbocycles. The number of ether oxygens (including phenoxy) is 1. The van der Waals surface area contributed by atoms with Crippen LogP contribution in [0.2, 0.25) is 0 Å². The summed E-state index contributed by atoms with van der Waals surface area (Å²) >= 11 is 0. The smallest absolute Gasteiger partial charge is 0.150 e. The van der Waals surface area contributed by atoms with Crippen molar-refractivity contribution >= 4 is 6.29 Å². The van der Waals surface area contributed by atoms with Gasteiger partial charge in [-0.2, -0.15) is 0 Å². The molecule has 1 aromatic rings. The first-order chi connectivity index (χ1) is 8.33. The van der Waals surface area contributed by atoms with Crippen LogP contribution in [-0.2, 0) is 6.54 Å². The third-order valence-corrected chi connectivity index (χ3v) is 3.44. The largest absolute Gasteiger partial charge is 0.496 e. The van der Waals surface area contributed by atoms with Crippen molar-refractivity contribution in [3.63, 3.8) is 0 Å². The Labute approximate surface area is 102 Å². The average molecular weight is 234 g/mol. The normalized spacial score (nSPS) is 16.8. The highest BCUT2D eigenvalue weighted by atomic mass is 16.5. The van der Waals surface area contributed by atoms with Gasteiger partial charge in [0, 0.05) is 11.1 Å². The van der Waals surface area contributed by atoms with E-state index in [-0.39, 0.29) is 0 Å². The molecule has 0 bridgehead atoms. The van der Waals surface area contributed by atoms with Crippen LogP contribution in [0.5, 0.6) is 5.75 Å². The van der Waals surface area contributed by atoms with E-state index in [1.807, 2.05) is 12.1 Å². The number of methoxy groups -OCH3 is 1. The second-order valence-corrected chi connectivity index (χ2v) is 4.68. The highest BCUT2D eigenvalue weighted by molar-refractivity contribution is 5.75. The maximum atomic E-state index is 10.8. The lowest BCUT2D eigenvalue weighted by Gasteiger charge is -2.24. The van der Waals surface area contributed by atoms with E-state index in [1.165, 1.54) is 32.4 Å². The third kappa shape index (κ3) is 3.07. The highest BCUT2D eigenvalue weighted by Crippen LogP contribution is 2.18. The van der Waals surface area contributed by atoms with Gasteiger partial charge in [0.25, 0.3) is 0 Å². The zero-order valence-electron chi connectivity index (χ0n) is 10.4. The fourth-order valence-corrected chi connectivity index (χ4v) is 2.51. The predicted molar refractivity (Wildman–Crippen MR) is 66.6 cm³/mol. The van der Waals surface area contributed by atoms with E-state index in [0.29, 0.717) is 0 Å². The minimum atomic E-state index is 0.734. The monoisotopic (exact) mass is 234 g/mol. The molecule has 3 heteroatoms. The number of rotatable bonds is 4. The SMILES string of the molecule is COc1ccc(C=O)cc1C[NH+]1CCCCC1. The van der Waals surface area contributed by atoms with Crippen LogP contribution in [0.4, 0.5) is 0 Å². The highest BCUT2D eigenvalue weighted by Gasteiger charge is 2.16. The van der Waals surface area contributed by atoms with Gasteiger partial charge in [-0.15, -0.1) is 0 Å². The first-order valence-electron chi connectivity index (χ1n) is 6.29. The summed E-state index contributed by atoms with van der Waals surface area (Å²) in [5.74, 6) is 0.897. The van der Waals surface area contributed by atoms with E-state index in [1.54, 1.807) is 18.1 Å². The van der Waals surface area contributed by atoms with Crippen molar-refractivity contribution < 1.29 is 14.4 Å². The van der Waals surface area contributed by atoms with Crippen molar-refractivity contribution in [3.8, 4) is 5.75 Å². The Balaban J connectivity index is 2.13. The van der Waals surface area contributed by atoms with Gasteiger partial charge in [0.15, 0.2) is 0 Å². The molecule has 1 N–H and O–H groups in total. The number of likely N-dealkylation sites (tertiary alicyclic amines) is 1. The molecular formula is C14H20NO2+. The van der Waals surface area contributed by atoms with Gasteiger partial charge in [-0.1, -0.05) is 0 Å². The lowest BCUT2D eigenvalue weighted by molar-refractivity contribution is -0.918. The molecule has 0 aliphatic carbocycles. The van der Waals surface area contributed by atoms with Gasteiger partial charge < -0.3 is 9.64 Å². The Morgan fingerprint density at radius 3 is 2.71 bits per heavy atom. The molecule has 0 saturated carbocycles. The van der Waals surface area contributed by atoms with Gasteiger partial charge in [0.2, 0.25) is 0 Å². The molecule has 0 spiro atoms. The minimum absolute atomic E-state index is 0.734. The maximum absolute atomic E-state index is 10.8. The number of piperidine rings is 1. The molecule has 0 aromatic heterocycles. The van der Waals surface area contributed by atoms with Gasteiger partial charge >= 0.3 is 0 Å². The van der Waals surface area contributed by atoms with E-state index in [4.69, 9.17) is 4.74 Å². The number of quaternary nitrogens is 1. The Morgan fingerprint density at radius 1 is 1.29 bits per heavy atom. The molecule has 0 amide bonds. The third-order valence-electron chi connectivity index (χ3n) is 3.44. The Bertz CT molecular complexity index is 384. The Hall–Kier alpha value is -1.35. The number of benzene rings is 1. The van der Waals surface area contributed by atoms with E-state index in [0.717, 1.165) is 29.7 Å². The maximum Gasteiger partial charge on any atom is 0.150 e. The fraction of sp³-hybridized carbons (Fsp3) is 0.500. The van der Waals surface area contributed by atoms with Crippen LogP contribution < -0.4 is 9.64 Å². The Morgan fingerprint density at radius 2 is 2.06 bits per heavy atom.